The fourth-order valence-electron chi connectivity index (χ4n) is 3.54. The van der Waals surface area contributed by atoms with Gasteiger partial charge in [0, 0.05) is 42.8 Å². The van der Waals surface area contributed by atoms with Crippen molar-refractivity contribution in [3.63, 3.8) is 0 Å². The van der Waals surface area contributed by atoms with Crippen molar-refractivity contribution in [3.05, 3.63) is 82.7 Å². The second kappa shape index (κ2) is 9.32. The highest BCUT2D eigenvalue weighted by molar-refractivity contribution is 6.30. The van der Waals surface area contributed by atoms with Crippen LogP contribution in [-0.4, -0.2) is 47.0 Å². The van der Waals surface area contributed by atoms with E-state index in [9.17, 15) is 4.79 Å². The molecule has 1 amide bonds. The van der Waals surface area contributed by atoms with Gasteiger partial charge in [0.2, 0.25) is 6.10 Å². The molecule has 0 saturated carbocycles. The molecule has 7 heteroatoms. The summed E-state index contributed by atoms with van der Waals surface area (Å²) in [4.78, 5) is 17.5. The molecular formula is C23H24ClN3O3. The molecule has 0 spiro atoms. The van der Waals surface area contributed by atoms with E-state index >= 15 is 0 Å². The first-order chi connectivity index (χ1) is 14.6. The Hall–Kier alpha value is -2.83. The molecule has 2 aromatic carbocycles. The zero-order valence-electron chi connectivity index (χ0n) is 16.8. The van der Waals surface area contributed by atoms with Gasteiger partial charge in [-0.2, -0.15) is 0 Å². The van der Waals surface area contributed by atoms with Crippen molar-refractivity contribution >= 4 is 17.5 Å². The number of ether oxygens (including phenoxy) is 1. The van der Waals surface area contributed by atoms with Crippen LogP contribution < -0.4 is 4.74 Å². The Balaban J connectivity index is 1.43. The van der Waals surface area contributed by atoms with Crippen LogP contribution in [0.15, 0.2) is 65.2 Å². The van der Waals surface area contributed by atoms with Gasteiger partial charge >= 0.3 is 0 Å². The number of amides is 1. The Morgan fingerprint density at radius 2 is 1.80 bits per heavy atom. The van der Waals surface area contributed by atoms with Gasteiger partial charge < -0.3 is 14.2 Å². The van der Waals surface area contributed by atoms with Crippen molar-refractivity contribution < 1.29 is 14.1 Å². The third-order valence-corrected chi connectivity index (χ3v) is 5.39. The summed E-state index contributed by atoms with van der Waals surface area (Å²) in [6.07, 6.45) is -0.698. The number of aryl methyl sites for hydroxylation is 1. The van der Waals surface area contributed by atoms with Crippen LogP contribution in [-0.2, 0) is 11.3 Å². The standard InChI is InChI=1S/C23H24ClN3O3/c1-17-15-21(30-25-17)16-26-11-13-27(14-12-26)23(28)22(18-5-3-2-4-6-18)29-20-9-7-19(24)8-10-20/h2-10,15,22H,11-14,16H2,1H3. The molecule has 0 N–H and O–H groups in total. The van der Waals surface area contributed by atoms with E-state index < -0.39 is 6.10 Å². The summed E-state index contributed by atoms with van der Waals surface area (Å²) in [5, 5.41) is 4.56. The highest BCUT2D eigenvalue weighted by Crippen LogP contribution is 2.26. The predicted molar refractivity (Wildman–Crippen MR) is 114 cm³/mol. The van der Waals surface area contributed by atoms with E-state index in [-0.39, 0.29) is 5.91 Å². The Kier molecular flexibility index (Phi) is 6.35. The first kappa shape index (κ1) is 20.4. The maximum atomic E-state index is 13.4. The van der Waals surface area contributed by atoms with E-state index in [1.54, 1.807) is 24.3 Å². The molecule has 0 radical (unpaired) electrons. The molecule has 0 aliphatic carbocycles. The summed E-state index contributed by atoms with van der Waals surface area (Å²) in [7, 11) is 0. The summed E-state index contributed by atoms with van der Waals surface area (Å²) in [6.45, 7) is 5.43. The Morgan fingerprint density at radius 1 is 1.10 bits per heavy atom. The zero-order valence-corrected chi connectivity index (χ0v) is 17.6. The smallest absolute Gasteiger partial charge is 0.268 e. The van der Waals surface area contributed by atoms with Crippen LogP contribution in [0.2, 0.25) is 5.02 Å². The van der Waals surface area contributed by atoms with Gasteiger partial charge in [0.1, 0.15) is 5.75 Å². The number of aromatic nitrogens is 1. The number of nitrogens with zero attached hydrogens (tertiary/aromatic N) is 3. The molecule has 30 heavy (non-hydrogen) atoms. The van der Waals surface area contributed by atoms with Gasteiger partial charge in [-0.1, -0.05) is 47.1 Å². The minimum absolute atomic E-state index is 0.0358. The molecule has 6 nitrogen and oxygen atoms in total. The van der Waals surface area contributed by atoms with Crippen LogP contribution in [0.1, 0.15) is 23.1 Å². The first-order valence-corrected chi connectivity index (χ1v) is 10.4. The maximum absolute atomic E-state index is 13.4. The number of carbonyl (C=O) groups excluding carboxylic acids is 1. The molecule has 4 rings (SSSR count). The van der Waals surface area contributed by atoms with Gasteiger partial charge in [-0.15, -0.1) is 0 Å². The summed E-state index contributed by atoms with van der Waals surface area (Å²) in [5.74, 6) is 1.42. The third kappa shape index (κ3) is 5.01. The van der Waals surface area contributed by atoms with E-state index in [1.807, 2.05) is 48.2 Å². The quantitative estimate of drug-likeness (QED) is 0.595. The average molecular weight is 426 g/mol. The minimum atomic E-state index is -0.698. The molecule has 3 aromatic rings. The number of benzene rings is 2. The molecule has 1 aromatic heterocycles. The molecule has 2 heterocycles. The molecule has 1 aliphatic heterocycles. The molecule has 0 bridgehead atoms. The number of halogens is 1. The van der Waals surface area contributed by atoms with Crippen molar-refractivity contribution in [2.75, 3.05) is 26.2 Å². The molecular weight excluding hydrogens is 402 g/mol. The van der Waals surface area contributed by atoms with Crippen LogP contribution in [0.3, 0.4) is 0 Å². The lowest BCUT2D eigenvalue weighted by atomic mass is 10.1. The fourth-order valence-corrected chi connectivity index (χ4v) is 3.67. The van der Waals surface area contributed by atoms with Gasteiger partial charge in [-0.05, 0) is 31.2 Å². The van der Waals surface area contributed by atoms with E-state index in [4.69, 9.17) is 20.9 Å². The largest absolute Gasteiger partial charge is 0.476 e. The van der Waals surface area contributed by atoms with Gasteiger partial charge in [0.25, 0.3) is 5.91 Å². The zero-order chi connectivity index (χ0) is 20.9. The number of hydrogen-bond acceptors (Lipinski definition) is 5. The SMILES string of the molecule is Cc1cc(CN2CCN(C(=O)C(Oc3ccc(Cl)cc3)c3ccccc3)CC2)on1. The van der Waals surface area contributed by atoms with Crippen molar-refractivity contribution in [3.8, 4) is 5.75 Å². The van der Waals surface area contributed by atoms with Crippen LogP contribution in [0, 0.1) is 6.92 Å². The van der Waals surface area contributed by atoms with Crippen LogP contribution in [0.5, 0.6) is 5.75 Å². The number of piperazine rings is 1. The van der Waals surface area contributed by atoms with Crippen molar-refractivity contribution in [2.45, 2.75) is 19.6 Å². The lowest BCUT2D eigenvalue weighted by Crippen LogP contribution is -2.50. The highest BCUT2D eigenvalue weighted by atomic mass is 35.5. The fraction of sp³-hybridized carbons (Fsp3) is 0.304. The molecule has 1 unspecified atom stereocenters. The Morgan fingerprint density at radius 3 is 2.43 bits per heavy atom. The number of hydrogen-bond donors (Lipinski definition) is 0. The van der Waals surface area contributed by atoms with Crippen molar-refractivity contribution in [1.82, 2.24) is 15.0 Å². The second-order valence-corrected chi connectivity index (χ2v) is 7.83. The lowest BCUT2D eigenvalue weighted by Gasteiger charge is -2.36. The molecule has 156 valence electrons. The van der Waals surface area contributed by atoms with Gasteiger partial charge in [-0.25, -0.2) is 0 Å². The van der Waals surface area contributed by atoms with E-state index in [2.05, 4.69) is 10.1 Å². The number of rotatable bonds is 6. The second-order valence-electron chi connectivity index (χ2n) is 7.40. The normalized spacial score (nSPS) is 15.7. The van der Waals surface area contributed by atoms with Crippen molar-refractivity contribution in [2.24, 2.45) is 0 Å². The lowest BCUT2D eigenvalue weighted by molar-refractivity contribution is -0.141. The summed E-state index contributed by atoms with van der Waals surface area (Å²) >= 11 is 5.98. The maximum Gasteiger partial charge on any atom is 0.268 e. The topological polar surface area (TPSA) is 58.8 Å². The first-order valence-electron chi connectivity index (χ1n) is 9.99. The average Bonchev–Trinajstić information content (AvgIpc) is 3.18. The Labute approximate surface area is 181 Å². The van der Waals surface area contributed by atoms with Crippen molar-refractivity contribution in [1.29, 1.82) is 0 Å². The Bertz CT molecular complexity index is 967. The van der Waals surface area contributed by atoms with Gasteiger partial charge in [-0.3, -0.25) is 9.69 Å². The molecule has 1 atom stereocenters. The monoisotopic (exact) mass is 425 g/mol. The predicted octanol–water partition coefficient (Wildman–Crippen LogP) is 4.10. The molecule has 1 fully saturated rings. The van der Waals surface area contributed by atoms with Gasteiger partial charge in [0.05, 0.1) is 12.2 Å². The van der Waals surface area contributed by atoms with Crippen LogP contribution in [0.4, 0.5) is 0 Å². The van der Waals surface area contributed by atoms with Crippen LogP contribution in [0.25, 0.3) is 0 Å². The third-order valence-electron chi connectivity index (χ3n) is 5.13. The van der Waals surface area contributed by atoms with E-state index in [1.165, 1.54) is 0 Å². The summed E-state index contributed by atoms with van der Waals surface area (Å²) in [6, 6.07) is 18.6. The number of carbonyl (C=O) groups is 1. The molecule has 1 saturated heterocycles. The minimum Gasteiger partial charge on any atom is -0.476 e. The van der Waals surface area contributed by atoms with Gasteiger partial charge in [0.15, 0.2) is 5.76 Å². The van der Waals surface area contributed by atoms with E-state index in [0.29, 0.717) is 30.4 Å². The summed E-state index contributed by atoms with van der Waals surface area (Å²) in [5.41, 5.74) is 1.71. The highest BCUT2D eigenvalue weighted by Gasteiger charge is 2.30. The van der Waals surface area contributed by atoms with Crippen LogP contribution >= 0.6 is 11.6 Å². The molecule has 1 aliphatic rings. The summed E-state index contributed by atoms with van der Waals surface area (Å²) < 4.78 is 11.4. The van der Waals surface area contributed by atoms with E-state index in [0.717, 1.165) is 30.1 Å².